The molecule has 2 atom stereocenters. The molecule has 0 aliphatic rings. The third kappa shape index (κ3) is 8.30. The molecular weight excluding hydrogens is 496 g/mol. The molecular formula is C30H42N4O5. The van der Waals surface area contributed by atoms with Crippen LogP contribution in [0, 0.1) is 27.7 Å². The topological polar surface area (TPSA) is 131 Å². The number of carbonyl (C=O) groups excluding carboxylic acids is 4. The Morgan fingerprint density at radius 2 is 1.46 bits per heavy atom. The van der Waals surface area contributed by atoms with Crippen molar-refractivity contribution in [2.24, 2.45) is 5.73 Å². The number of nitrogens with two attached hydrogens (primary N) is 1. The molecule has 4 N–H and O–H groups in total. The molecule has 2 aromatic rings. The lowest BCUT2D eigenvalue weighted by Gasteiger charge is -2.38. The molecule has 0 spiro atoms. The van der Waals surface area contributed by atoms with Crippen molar-refractivity contribution >= 4 is 29.5 Å². The number of hydrogen-bond acceptors (Lipinski definition) is 5. The monoisotopic (exact) mass is 538 g/mol. The first-order valence-corrected chi connectivity index (χ1v) is 13.1. The van der Waals surface area contributed by atoms with Gasteiger partial charge in [-0.25, -0.2) is 4.79 Å². The molecule has 2 aromatic carbocycles. The Bertz CT molecular complexity index is 1210. The summed E-state index contributed by atoms with van der Waals surface area (Å²) < 4.78 is 5.32. The van der Waals surface area contributed by atoms with Gasteiger partial charge in [0.2, 0.25) is 11.8 Å². The van der Waals surface area contributed by atoms with Crippen LogP contribution in [0.3, 0.4) is 0 Å². The van der Waals surface area contributed by atoms with E-state index in [4.69, 9.17) is 10.5 Å². The minimum absolute atomic E-state index is 0.418. The molecule has 0 bridgehead atoms. The van der Waals surface area contributed by atoms with Gasteiger partial charge in [-0.15, -0.1) is 0 Å². The zero-order chi connectivity index (χ0) is 29.7. The lowest BCUT2D eigenvalue weighted by Crippen LogP contribution is -2.55. The quantitative estimate of drug-likeness (QED) is 0.429. The van der Waals surface area contributed by atoms with Crippen molar-refractivity contribution in [3.8, 4) is 0 Å². The first-order chi connectivity index (χ1) is 18.0. The summed E-state index contributed by atoms with van der Waals surface area (Å²) in [7, 11) is 0. The van der Waals surface area contributed by atoms with Crippen LogP contribution < -0.4 is 16.4 Å². The second-order valence-corrected chi connectivity index (χ2v) is 11.2. The number of para-hydroxylation sites is 1. The molecule has 0 aliphatic carbocycles. The molecule has 39 heavy (non-hydrogen) atoms. The molecule has 0 saturated carbocycles. The minimum Gasteiger partial charge on any atom is -0.444 e. The number of nitrogens with zero attached hydrogens (tertiary/aromatic N) is 1. The van der Waals surface area contributed by atoms with E-state index < -0.39 is 54.0 Å². The molecule has 2 unspecified atom stereocenters. The second-order valence-electron chi connectivity index (χ2n) is 11.2. The number of amides is 4. The van der Waals surface area contributed by atoms with E-state index >= 15 is 0 Å². The predicted octanol–water partition coefficient (Wildman–Crippen LogP) is 4.61. The Morgan fingerprint density at radius 1 is 0.923 bits per heavy atom. The molecule has 4 amide bonds. The molecule has 2 rings (SSSR count). The molecule has 0 radical (unpaired) electrons. The maximum Gasteiger partial charge on any atom is 0.408 e. The Labute approximate surface area is 231 Å². The highest BCUT2D eigenvalue weighted by Gasteiger charge is 2.39. The van der Waals surface area contributed by atoms with Gasteiger partial charge in [0.1, 0.15) is 17.7 Å². The van der Waals surface area contributed by atoms with Crippen molar-refractivity contribution in [1.82, 2.24) is 10.2 Å². The maximum atomic E-state index is 14.1. The lowest BCUT2D eigenvalue weighted by molar-refractivity contribution is -0.143. The highest BCUT2D eigenvalue weighted by Crippen LogP contribution is 2.31. The minimum atomic E-state index is -1.33. The average molecular weight is 539 g/mol. The average Bonchev–Trinajstić information content (AvgIpc) is 2.79. The van der Waals surface area contributed by atoms with Crippen molar-refractivity contribution < 1.29 is 23.9 Å². The van der Waals surface area contributed by atoms with E-state index in [-0.39, 0.29) is 0 Å². The highest BCUT2D eigenvalue weighted by molar-refractivity contribution is 6.00. The Morgan fingerprint density at radius 3 is 1.97 bits per heavy atom. The molecule has 0 saturated heterocycles. The van der Waals surface area contributed by atoms with E-state index in [0.717, 1.165) is 22.3 Å². The van der Waals surface area contributed by atoms with Crippen LogP contribution in [-0.4, -0.2) is 46.4 Å². The van der Waals surface area contributed by atoms with Crippen LogP contribution >= 0.6 is 0 Å². The number of anilines is 1. The third-order valence-electron chi connectivity index (χ3n) is 6.40. The van der Waals surface area contributed by atoms with Crippen LogP contribution in [0.1, 0.15) is 74.9 Å². The predicted molar refractivity (Wildman–Crippen MR) is 152 cm³/mol. The Balaban J connectivity index is 2.63. The molecule has 9 nitrogen and oxygen atoms in total. The molecule has 9 heteroatoms. The van der Waals surface area contributed by atoms with Gasteiger partial charge in [-0.2, -0.15) is 0 Å². The van der Waals surface area contributed by atoms with E-state index in [9.17, 15) is 19.2 Å². The van der Waals surface area contributed by atoms with Gasteiger partial charge < -0.3 is 26.0 Å². The maximum absolute atomic E-state index is 14.1. The Hall–Kier alpha value is -3.88. The van der Waals surface area contributed by atoms with E-state index in [1.165, 1.54) is 4.90 Å². The summed E-state index contributed by atoms with van der Waals surface area (Å²) in [5.74, 6) is -1.83. The summed E-state index contributed by atoms with van der Waals surface area (Å²) in [6, 6.07) is 8.39. The zero-order valence-corrected chi connectivity index (χ0v) is 24.5. The number of ether oxygens (including phenoxy) is 1. The van der Waals surface area contributed by atoms with Crippen LogP contribution in [0.2, 0.25) is 0 Å². The van der Waals surface area contributed by atoms with Gasteiger partial charge >= 0.3 is 6.09 Å². The normalized spacial score (nSPS) is 12.9. The van der Waals surface area contributed by atoms with Crippen molar-refractivity contribution in [3.63, 3.8) is 0 Å². The molecule has 0 aromatic heterocycles. The van der Waals surface area contributed by atoms with Gasteiger partial charge in [0.15, 0.2) is 0 Å². The summed E-state index contributed by atoms with van der Waals surface area (Å²) >= 11 is 0. The number of alkyl carbamates (subject to hydrolysis) is 1. The SMILES string of the molecule is Cc1cccc(C(C(=O)Nc2c(C)cccc2C)N(C(=O)C(CC(N)=O)NC(=O)OC(C)(C)C)C(C)C)c1C. The number of benzene rings is 2. The van der Waals surface area contributed by atoms with Crippen molar-refractivity contribution in [2.75, 3.05) is 5.32 Å². The fourth-order valence-electron chi connectivity index (χ4n) is 4.40. The van der Waals surface area contributed by atoms with Crippen molar-refractivity contribution in [2.45, 2.75) is 92.5 Å². The summed E-state index contributed by atoms with van der Waals surface area (Å²) in [4.78, 5) is 54.1. The highest BCUT2D eigenvalue weighted by atomic mass is 16.6. The van der Waals surface area contributed by atoms with E-state index in [2.05, 4.69) is 10.6 Å². The van der Waals surface area contributed by atoms with E-state index in [0.29, 0.717) is 11.3 Å². The summed E-state index contributed by atoms with van der Waals surface area (Å²) in [6.45, 7) is 16.2. The second kappa shape index (κ2) is 12.8. The number of aryl methyl sites for hydroxylation is 3. The number of rotatable bonds is 9. The van der Waals surface area contributed by atoms with E-state index in [1.807, 2.05) is 64.1 Å². The standard InChI is InChI=1S/C30H42N4O5/c1-17(2)34(28(37)23(16-24(31)35)32-29(38)39-30(7,8)9)26(22-15-11-12-18(3)21(22)6)27(36)33-25-19(4)13-10-14-20(25)5/h10-15,17,23,26H,16H2,1-9H3,(H2,31,35)(H,32,38)(H,33,36). The summed E-state index contributed by atoms with van der Waals surface area (Å²) in [5, 5.41) is 5.52. The van der Waals surface area contributed by atoms with Crippen molar-refractivity contribution in [3.05, 3.63) is 64.2 Å². The molecule has 0 aliphatic heterocycles. The lowest BCUT2D eigenvalue weighted by atomic mass is 9.93. The van der Waals surface area contributed by atoms with Crippen LogP contribution in [0.25, 0.3) is 0 Å². The van der Waals surface area contributed by atoms with Crippen LogP contribution in [0.4, 0.5) is 10.5 Å². The van der Waals surface area contributed by atoms with Gasteiger partial charge in [-0.1, -0.05) is 36.4 Å². The van der Waals surface area contributed by atoms with Gasteiger partial charge in [-0.3, -0.25) is 14.4 Å². The van der Waals surface area contributed by atoms with Crippen LogP contribution in [0.15, 0.2) is 36.4 Å². The fraction of sp³-hybridized carbons (Fsp3) is 0.467. The number of nitrogens with one attached hydrogen (secondary N) is 2. The smallest absolute Gasteiger partial charge is 0.408 e. The molecule has 0 fully saturated rings. The number of primary amides is 1. The van der Waals surface area contributed by atoms with E-state index in [1.54, 1.807) is 34.6 Å². The Kier molecular flexibility index (Phi) is 10.3. The van der Waals surface area contributed by atoms with Crippen LogP contribution in [0.5, 0.6) is 0 Å². The number of hydrogen-bond donors (Lipinski definition) is 3. The fourth-order valence-corrected chi connectivity index (χ4v) is 4.40. The third-order valence-corrected chi connectivity index (χ3v) is 6.40. The van der Waals surface area contributed by atoms with Crippen LogP contribution in [-0.2, 0) is 19.1 Å². The summed E-state index contributed by atoms with van der Waals surface area (Å²) in [6.07, 6.45) is -1.33. The summed E-state index contributed by atoms with van der Waals surface area (Å²) in [5.41, 5.74) is 9.49. The van der Waals surface area contributed by atoms with Gasteiger partial charge in [-0.05, 0) is 90.1 Å². The first kappa shape index (κ1) is 31.3. The zero-order valence-electron chi connectivity index (χ0n) is 24.5. The van der Waals surface area contributed by atoms with Crippen molar-refractivity contribution in [1.29, 1.82) is 0 Å². The first-order valence-electron chi connectivity index (χ1n) is 13.1. The molecule has 0 heterocycles. The van der Waals surface area contributed by atoms with Gasteiger partial charge in [0.05, 0.1) is 6.42 Å². The van der Waals surface area contributed by atoms with Gasteiger partial charge in [0.25, 0.3) is 5.91 Å². The largest absolute Gasteiger partial charge is 0.444 e. The van der Waals surface area contributed by atoms with Gasteiger partial charge in [0, 0.05) is 11.7 Å². The molecule has 212 valence electrons. The number of carbonyl (C=O) groups is 4.